The van der Waals surface area contributed by atoms with Crippen LogP contribution in [0.25, 0.3) is 10.2 Å². The van der Waals surface area contributed by atoms with E-state index in [2.05, 4.69) is 23.0 Å². The van der Waals surface area contributed by atoms with Crippen molar-refractivity contribution in [1.29, 1.82) is 0 Å². The third kappa shape index (κ3) is 1.96. The maximum atomic E-state index is 4.44. The Hall–Kier alpha value is -0.610. The first-order valence-electron chi connectivity index (χ1n) is 5.71. The maximum absolute atomic E-state index is 4.44. The van der Waals surface area contributed by atoms with Crippen LogP contribution in [0.5, 0.6) is 0 Å². The molecule has 0 bridgehead atoms. The van der Waals surface area contributed by atoms with Gasteiger partial charge >= 0.3 is 0 Å². The molecule has 2 nitrogen and oxygen atoms in total. The van der Waals surface area contributed by atoms with Crippen molar-refractivity contribution in [3.8, 4) is 0 Å². The lowest BCUT2D eigenvalue weighted by atomic mass is 10.4. The van der Waals surface area contributed by atoms with Crippen LogP contribution in [0, 0.1) is 6.92 Å². The molecule has 0 radical (unpaired) electrons. The van der Waals surface area contributed by atoms with Gasteiger partial charge in [-0.05, 0) is 25.8 Å². The lowest BCUT2D eigenvalue weighted by Crippen LogP contribution is -1.95. The van der Waals surface area contributed by atoms with E-state index in [1.165, 1.54) is 41.0 Å². The van der Waals surface area contributed by atoms with Gasteiger partial charge in [-0.15, -0.1) is 23.1 Å². The Bertz CT molecular complexity index is 501. The third-order valence-corrected chi connectivity index (χ3v) is 5.31. The van der Waals surface area contributed by atoms with Crippen molar-refractivity contribution in [1.82, 2.24) is 9.97 Å². The van der Waals surface area contributed by atoms with Gasteiger partial charge in [0.15, 0.2) is 0 Å². The summed E-state index contributed by atoms with van der Waals surface area (Å²) < 4.78 is 0. The summed E-state index contributed by atoms with van der Waals surface area (Å²) in [7, 11) is 0. The van der Waals surface area contributed by atoms with Crippen LogP contribution in [0.2, 0.25) is 0 Å². The smallest absolute Gasteiger partial charge is 0.128 e. The van der Waals surface area contributed by atoms with Crippen molar-refractivity contribution in [3.05, 3.63) is 17.3 Å². The summed E-state index contributed by atoms with van der Waals surface area (Å²) in [5, 5.41) is 3.21. The van der Waals surface area contributed by atoms with Gasteiger partial charge in [-0.1, -0.05) is 12.8 Å². The Kier molecular flexibility index (Phi) is 2.86. The molecule has 2 aromatic rings. The molecule has 16 heavy (non-hydrogen) atoms. The van der Waals surface area contributed by atoms with E-state index in [0.29, 0.717) is 0 Å². The fraction of sp³-hybridized carbons (Fsp3) is 0.500. The molecular weight excluding hydrogens is 236 g/mol. The third-order valence-electron chi connectivity index (χ3n) is 3.00. The number of hydrogen-bond acceptors (Lipinski definition) is 4. The Balaban J connectivity index is 1.95. The second kappa shape index (κ2) is 4.34. The summed E-state index contributed by atoms with van der Waals surface area (Å²) in [5.41, 5.74) is 0. The van der Waals surface area contributed by atoms with E-state index in [4.69, 9.17) is 0 Å². The molecule has 1 saturated carbocycles. The summed E-state index contributed by atoms with van der Waals surface area (Å²) in [5.74, 6) is 0. The molecule has 2 heterocycles. The Morgan fingerprint density at radius 1 is 1.31 bits per heavy atom. The monoisotopic (exact) mass is 250 g/mol. The van der Waals surface area contributed by atoms with E-state index in [9.17, 15) is 0 Å². The van der Waals surface area contributed by atoms with E-state index in [1.807, 2.05) is 11.8 Å². The molecule has 0 unspecified atom stereocenters. The molecule has 0 N–H and O–H groups in total. The molecule has 2 aromatic heterocycles. The second-order valence-corrected chi connectivity index (χ2v) is 6.80. The van der Waals surface area contributed by atoms with Crippen molar-refractivity contribution in [2.45, 2.75) is 42.9 Å². The van der Waals surface area contributed by atoms with Gasteiger partial charge in [-0.25, -0.2) is 9.97 Å². The second-order valence-electron chi connectivity index (χ2n) is 4.28. The SMILES string of the molecule is Cc1cc2c(SC3CCCC3)ncnc2s1. The summed E-state index contributed by atoms with van der Waals surface area (Å²) in [4.78, 5) is 11.2. The number of aromatic nitrogens is 2. The molecule has 0 aliphatic heterocycles. The summed E-state index contributed by atoms with van der Waals surface area (Å²) in [6.45, 7) is 2.14. The normalized spacial score (nSPS) is 17.3. The van der Waals surface area contributed by atoms with Crippen LogP contribution >= 0.6 is 23.1 Å². The minimum atomic E-state index is 0.776. The van der Waals surface area contributed by atoms with Gasteiger partial charge in [0.1, 0.15) is 16.2 Å². The number of rotatable bonds is 2. The highest BCUT2D eigenvalue weighted by atomic mass is 32.2. The average Bonchev–Trinajstić information content (AvgIpc) is 2.86. The zero-order valence-electron chi connectivity index (χ0n) is 9.27. The van der Waals surface area contributed by atoms with Crippen LogP contribution in [0.1, 0.15) is 30.6 Å². The average molecular weight is 250 g/mol. The summed E-state index contributed by atoms with van der Waals surface area (Å²) >= 11 is 3.71. The van der Waals surface area contributed by atoms with E-state index in [0.717, 1.165) is 10.1 Å². The van der Waals surface area contributed by atoms with Crippen molar-refractivity contribution >= 4 is 33.3 Å². The first-order valence-corrected chi connectivity index (χ1v) is 7.40. The fourth-order valence-electron chi connectivity index (χ4n) is 2.21. The predicted molar refractivity (Wildman–Crippen MR) is 70.3 cm³/mol. The van der Waals surface area contributed by atoms with E-state index in [-0.39, 0.29) is 0 Å². The highest BCUT2D eigenvalue weighted by Crippen LogP contribution is 2.37. The highest BCUT2D eigenvalue weighted by molar-refractivity contribution is 8.00. The summed E-state index contributed by atoms with van der Waals surface area (Å²) in [6, 6.07) is 2.22. The van der Waals surface area contributed by atoms with Crippen LogP contribution < -0.4 is 0 Å². The lowest BCUT2D eigenvalue weighted by molar-refractivity contribution is 0.886. The minimum absolute atomic E-state index is 0.776. The molecule has 4 heteroatoms. The Morgan fingerprint density at radius 2 is 2.12 bits per heavy atom. The molecule has 0 amide bonds. The molecule has 3 rings (SSSR count). The van der Waals surface area contributed by atoms with Crippen molar-refractivity contribution in [2.24, 2.45) is 0 Å². The zero-order valence-corrected chi connectivity index (χ0v) is 10.9. The van der Waals surface area contributed by atoms with Gasteiger partial charge in [0.2, 0.25) is 0 Å². The van der Waals surface area contributed by atoms with Gasteiger partial charge < -0.3 is 0 Å². The van der Waals surface area contributed by atoms with Gasteiger partial charge in [0.25, 0.3) is 0 Å². The molecule has 84 valence electrons. The molecule has 0 aromatic carbocycles. The number of aryl methyl sites for hydroxylation is 1. The Labute approximate surface area is 103 Å². The quantitative estimate of drug-likeness (QED) is 0.752. The first kappa shape index (κ1) is 10.5. The van der Waals surface area contributed by atoms with Crippen LogP contribution in [-0.4, -0.2) is 15.2 Å². The van der Waals surface area contributed by atoms with E-state index < -0.39 is 0 Å². The van der Waals surface area contributed by atoms with Crippen molar-refractivity contribution in [3.63, 3.8) is 0 Å². The molecule has 0 saturated heterocycles. The van der Waals surface area contributed by atoms with Gasteiger partial charge in [0.05, 0.1) is 0 Å². The van der Waals surface area contributed by atoms with Gasteiger partial charge in [-0.2, -0.15) is 0 Å². The van der Waals surface area contributed by atoms with Crippen molar-refractivity contribution < 1.29 is 0 Å². The molecule has 1 aliphatic carbocycles. The fourth-order valence-corrected chi connectivity index (χ4v) is 4.40. The maximum Gasteiger partial charge on any atom is 0.128 e. The van der Waals surface area contributed by atoms with Crippen LogP contribution in [-0.2, 0) is 0 Å². The zero-order chi connectivity index (χ0) is 11.0. The molecular formula is C12H14N2S2. The molecule has 1 aliphatic rings. The Morgan fingerprint density at radius 3 is 2.94 bits per heavy atom. The molecule has 1 fully saturated rings. The number of thiophene rings is 1. The van der Waals surface area contributed by atoms with Crippen LogP contribution in [0.15, 0.2) is 17.4 Å². The highest BCUT2D eigenvalue weighted by Gasteiger charge is 2.18. The largest absolute Gasteiger partial charge is 0.229 e. The van der Waals surface area contributed by atoms with E-state index in [1.54, 1.807) is 17.7 Å². The van der Waals surface area contributed by atoms with Gasteiger partial charge in [-0.3, -0.25) is 0 Å². The van der Waals surface area contributed by atoms with Crippen LogP contribution in [0.3, 0.4) is 0 Å². The predicted octanol–water partition coefficient (Wildman–Crippen LogP) is 4.03. The summed E-state index contributed by atoms with van der Waals surface area (Å²) in [6.07, 6.45) is 7.16. The minimum Gasteiger partial charge on any atom is -0.229 e. The molecule has 0 atom stereocenters. The van der Waals surface area contributed by atoms with Gasteiger partial charge in [0, 0.05) is 15.5 Å². The number of fused-ring (bicyclic) bond motifs is 1. The van der Waals surface area contributed by atoms with Crippen molar-refractivity contribution in [2.75, 3.05) is 0 Å². The number of hydrogen-bond donors (Lipinski definition) is 0. The topological polar surface area (TPSA) is 25.8 Å². The first-order chi connectivity index (χ1) is 7.83. The van der Waals surface area contributed by atoms with E-state index >= 15 is 0 Å². The number of nitrogens with zero attached hydrogens (tertiary/aromatic N) is 2. The standard InChI is InChI=1S/C12H14N2S2/c1-8-6-10-11(15-8)13-7-14-12(10)16-9-4-2-3-5-9/h6-7,9H,2-5H2,1H3. The van der Waals surface area contributed by atoms with Crippen LogP contribution in [0.4, 0.5) is 0 Å². The number of thioether (sulfide) groups is 1. The molecule has 0 spiro atoms. The lowest BCUT2D eigenvalue weighted by Gasteiger charge is -2.07.